The van der Waals surface area contributed by atoms with Crippen LogP contribution in [0.15, 0.2) is 24.3 Å². The number of amides is 2. The number of unbranched alkanes of at least 4 members (excludes halogenated alkanes) is 15. The Hall–Kier alpha value is -2.16. The number of nitrogens with one attached hydrogen (secondary N) is 2. The summed E-state index contributed by atoms with van der Waals surface area (Å²) in [6, 6.07) is 7.21. The van der Waals surface area contributed by atoms with E-state index in [1.165, 1.54) is 89.9 Å². The number of carbonyl (C=O) groups is 2. The average molecular weight is 592 g/mol. The Labute approximate surface area is 256 Å². The molecule has 0 heterocycles. The SMILES string of the molecule is CCCCCCCCCCCCCCCCCCNC(=O)c1ccccc1COC(=O)NCCCN(CCO)CCO. The van der Waals surface area contributed by atoms with Crippen LogP contribution in [-0.4, -0.2) is 73.1 Å². The number of aliphatic hydroxyl groups excluding tert-OH is 2. The average Bonchev–Trinajstić information content (AvgIpc) is 3.00. The number of alkyl carbamates (subject to hydrolysis) is 1. The number of hydrogen-bond donors (Lipinski definition) is 4. The molecule has 8 nitrogen and oxygen atoms in total. The Balaban J connectivity index is 2.09. The van der Waals surface area contributed by atoms with Crippen molar-refractivity contribution in [2.45, 2.75) is 123 Å². The van der Waals surface area contributed by atoms with Crippen molar-refractivity contribution < 1.29 is 24.5 Å². The Bertz CT molecular complexity index is 786. The molecule has 2 amide bonds. The first-order chi connectivity index (χ1) is 20.6. The van der Waals surface area contributed by atoms with Crippen LogP contribution in [0.4, 0.5) is 4.79 Å². The number of rotatable bonds is 28. The van der Waals surface area contributed by atoms with Gasteiger partial charge in [-0.25, -0.2) is 4.79 Å². The van der Waals surface area contributed by atoms with Crippen LogP contribution in [-0.2, 0) is 11.3 Å². The molecule has 1 rings (SSSR count). The second-order valence-corrected chi connectivity index (χ2v) is 11.4. The molecule has 0 aliphatic rings. The lowest BCUT2D eigenvalue weighted by Gasteiger charge is -2.19. The maximum atomic E-state index is 12.7. The van der Waals surface area contributed by atoms with E-state index in [2.05, 4.69) is 17.6 Å². The molecule has 1 aromatic carbocycles. The molecule has 0 unspecified atom stereocenters. The van der Waals surface area contributed by atoms with Crippen molar-refractivity contribution in [2.75, 3.05) is 45.9 Å². The zero-order chi connectivity index (χ0) is 30.5. The lowest BCUT2D eigenvalue weighted by Crippen LogP contribution is -2.33. The van der Waals surface area contributed by atoms with Gasteiger partial charge in [0, 0.05) is 37.3 Å². The van der Waals surface area contributed by atoms with E-state index in [1.54, 1.807) is 12.1 Å². The van der Waals surface area contributed by atoms with Crippen LogP contribution in [0.5, 0.6) is 0 Å². The van der Waals surface area contributed by atoms with Crippen LogP contribution in [0.25, 0.3) is 0 Å². The van der Waals surface area contributed by atoms with Crippen LogP contribution in [0.3, 0.4) is 0 Å². The predicted molar refractivity (Wildman–Crippen MR) is 172 cm³/mol. The van der Waals surface area contributed by atoms with Gasteiger partial charge in [-0.1, -0.05) is 121 Å². The second kappa shape index (κ2) is 27.7. The number of hydrogen-bond acceptors (Lipinski definition) is 6. The third kappa shape index (κ3) is 20.7. The summed E-state index contributed by atoms with van der Waals surface area (Å²) in [5, 5.41) is 23.9. The minimum atomic E-state index is -0.533. The van der Waals surface area contributed by atoms with E-state index >= 15 is 0 Å². The van der Waals surface area contributed by atoms with Gasteiger partial charge in [-0.3, -0.25) is 9.69 Å². The van der Waals surface area contributed by atoms with Crippen molar-refractivity contribution in [1.29, 1.82) is 0 Å². The summed E-state index contributed by atoms with van der Waals surface area (Å²) < 4.78 is 5.34. The molecule has 0 spiro atoms. The third-order valence-electron chi connectivity index (χ3n) is 7.69. The van der Waals surface area contributed by atoms with Crippen LogP contribution < -0.4 is 10.6 Å². The zero-order valence-electron chi connectivity index (χ0n) is 26.6. The van der Waals surface area contributed by atoms with Gasteiger partial charge in [-0.15, -0.1) is 0 Å². The topological polar surface area (TPSA) is 111 Å². The Kier molecular flexibility index (Phi) is 24.9. The van der Waals surface area contributed by atoms with Gasteiger partial charge >= 0.3 is 6.09 Å². The Morgan fingerprint density at radius 3 is 1.71 bits per heavy atom. The van der Waals surface area contributed by atoms with E-state index in [1.807, 2.05) is 17.0 Å². The molecule has 42 heavy (non-hydrogen) atoms. The minimum Gasteiger partial charge on any atom is -0.445 e. The molecular weight excluding hydrogens is 530 g/mol. The molecular formula is C34H61N3O5. The third-order valence-corrected chi connectivity index (χ3v) is 7.69. The molecule has 0 fully saturated rings. The van der Waals surface area contributed by atoms with Gasteiger partial charge < -0.3 is 25.6 Å². The quantitative estimate of drug-likeness (QED) is 0.0820. The molecule has 0 aliphatic heterocycles. The highest BCUT2D eigenvalue weighted by Crippen LogP contribution is 2.14. The fourth-order valence-electron chi connectivity index (χ4n) is 5.14. The molecule has 0 saturated heterocycles. The Morgan fingerprint density at radius 1 is 0.667 bits per heavy atom. The highest BCUT2D eigenvalue weighted by molar-refractivity contribution is 5.95. The molecule has 0 radical (unpaired) electrons. The first-order valence-electron chi connectivity index (χ1n) is 16.8. The number of carbonyl (C=O) groups excluding carboxylic acids is 2. The van der Waals surface area contributed by atoms with Crippen molar-refractivity contribution in [2.24, 2.45) is 0 Å². The molecule has 242 valence electrons. The fourth-order valence-corrected chi connectivity index (χ4v) is 5.14. The van der Waals surface area contributed by atoms with Crippen LogP contribution in [0.1, 0.15) is 132 Å². The molecule has 0 aliphatic carbocycles. The summed E-state index contributed by atoms with van der Waals surface area (Å²) in [7, 11) is 0. The summed E-state index contributed by atoms with van der Waals surface area (Å²) in [4.78, 5) is 26.8. The maximum absolute atomic E-state index is 12.7. The van der Waals surface area contributed by atoms with Gasteiger partial charge in [0.05, 0.1) is 13.2 Å². The van der Waals surface area contributed by atoms with Crippen LogP contribution >= 0.6 is 0 Å². The van der Waals surface area contributed by atoms with E-state index in [-0.39, 0.29) is 25.7 Å². The normalized spacial score (nSPS) is 11.1. The predicted octanol–water partition coefficient (Wildman–Crippen LogP) is 6.58. The molecule has 0 atom stereocenters. The first-order valence-corrected chi connectivity index (χ1v) is 16.8. The molecule has 0 saturated carbocycles. The van der Waals surface area contributed by atoms with Gasteiger partial charge in [-0.05, 0) is 25.5 Å². The number of nitrogens with zero attached hydrogens (tertiary/aromatic N) is 1. The fraction of sp³-hybridized carbons (Fsp3) is 0.765. The lowest BCUT2D eigenvalue weighted by atomic mass is 10.0. The van der Waals surface area contributed by atoms with Crippen molar-refractivity contribution in [1.82, 2.24) is 15.5 Å². The van der Waals surface area contributed by atoms with Gasteiger partial charge in [0.25, 0.3) is 5.91 Å². The molecule has 0 aromatic heterocycles. The highest BCUT2D eigenvalue weighted by atomic mass is 16.5. The van der Waals surface area contributed by atoms with Crippen LogP contribution in [0.2, 0.25) is 0 Å². The number of ether oxygens (including phenoxy) is 1. The number of aliphatic hydroxyl groups is 2. The summed E-state index contributed by atoms with van der Waals surface area (Å²) in [5.41, 5.74) is 1.21. The molecule has 0 bridgehead atoms. The first kappa shape index (κ1) is 37.9. The number of benzene rings is 1. The van der Waals surface area contributed by atoms with Crippen molar-refractivity contribution in [3.05, 3.63) is 35.4 Å². The largest absolute Gasteiger partial charge is 0.445 e. The van der Waals surface area contributed by atoms with Gasteiger partial charge in [0.2, 0.25) is 0 Å². The van der Waals surface area contributed by atoms with E-state index in [0.29, 0.717) is 50.3 Å². The summed E-state index contributed by atoms with van der Waals surface area (Å²) >= 11 is 0. The summed E-state index contributed by atoms with van der Waals surface area (Å²) in [6.45, 7) is 5.06. The standard InChI is InChI=1S/C34H61N3O5/c1-2-3-4-5-6-7-8-9-10-11-12-13-14-15-16-19-23-35-33(40)32-22-18-17-21-31(32)30-42-34(41)36-24-20-25-37(26-28-38)27-29-39/h17-18,21-22,38-39H,2-16,19-20,23-30H2,1H3,(H,35,40)(H,36,41). The second-order valence-electron chi connectivity index (χ2n) is 11.4. The smallest absolute Gasteiger partial charge is 0.407 e. The summed E-state index contributed by atoms with van der Waals surface area (Å²) in [5.74, 6) is -0.136. The van der Waals surface area contributed by atoms with Crippen molar-refractivity contribution in [3.8, 4) is 0 Å². The summed E-state index contributed by atoms with van der Waals surface area (Å²) in [6.07, 6.45) is 21.3. The van der Waals surface area contributed by atoms with E-state index in [4.69, 9.17) is 14.9 Å². The van der Waals surface area contributed by atoms with Crippen molar-refractivity contribution in [3.63, 3.8) is 0 Å². The van der Waals surface area contributed by atoms with Gasteiger partial charge in [0.1, 0.15) is 6.61 Å². The van der Waals surface area contributed by atoms with E-state index < -0.39 is 6.09 Å². The molecule has 8 heteroatoms. The van der Waals surface area contributed by atoms with Crippen molar-refractivity contribution >= 4 is 12.0 Å². The van der Waals surface area contributed by atoms with Crippen LogP contribution in [0, 0.1) is 0 Å². The Morgan fingerprint density at radius 2 is 1.17 bits per heavy atom. The maximum Gasteiger partial charge on any atom is 0.407 e. The minimum absolute atomic E-state index is 0.0234. The lowest BCUT2D eigenvalue weighted by molar-refractivity contribution is 0.0946. The van der Waals surface area contributed by atoms with E-state index in [9.17, 15) is 9.59 Å². The monoisotopic (exact) mass is 591 g/mol. The highest BCUT2D eigenvalue weighted by Gasteiger charge is 2.12. The molecule has 4 N–H and O–H groups in total. The van der Waals surface area contributed by atoms with E-state index in [0.717, 1.165) is 12.8 Å². The van der Waals surface area contributed by atoms with Gasteiger partial charge in [-0.2, -0.15) is 0 Å². The zero-order valence-corrected chi connectivity index (χ0v) is 26.6. The molecule has 1 aromatic rings. The van der Waals surface area contributed by atoms with Gasteiger partial charge in [0.15, 0.2) is 0 Å².